The van der Waals surface area contributed by atoms with Gasteiger partial charge in [0.15, 0.2) is 0 Å². The number of benzene rings is 2. The molecule has 1 amide bonds. The molecular weight excluding hydrogens is 264 g/mol. The van der Waals surface area contributed by atoms with Crippen LogP contribution in [0, 0.1) is 6.92 Å². The zero-order valence-electron chi connectivity index (χ0n) is 12.3. The average molecular weight is 284 g/mol. The number of nitrogen functional groups attached to an aromatic ring is 1. The first kappa shape index (κ1) is 14.9. The highest BCUT2D eigenvalue weighted by molar-refractivity contribution is 5.99. The first-order valence-electron chi connectivity index (χ1n) is 6.87. The Morgan fingerprint density at radius 2 is 2.05 bits per heavy atom. The van der Waals surface area contributed by atoms with E-state index in [0.29, 0.717) is 23.5 Å². The van der Waals surface area contributed by atoms with Crippen molar-refractivity contribution in [1.29, 1.82) is 0 Å². The van der Waals surface area contributed by atoms with E-state index in [2.05, 4.69) is 30.4 Å². The van der Waals surface area contributed by atoms with Crippen LogP contribution in [0.5, 0.6) is 5.75 Å². The number of carbonyl (C=O) groups excluding carboxylic acids is 1. The predicted molar refractivity (Wildman–Crippen MR) is 84.6 cm³/mol. The molecule has 0 saturated carbocycles. The Balaban J connectivity index is 1.93. The van der Waals surface area contributed by atoms with Crippen molar-refractivity contribution in [3.8, 4) is 5.75 Å². The molecule has 0 unspecified atom stereocenters. The molecular formula is C17H20N2O2. The molecule has 0 aliphatic carbocycles. The topological polar surface area (TPSA) is 64.3 Å². The molecule has 3 N–H and O–H groups in total. The van der Waals surface area contributed by atoms with Gasteiger partial charge in [-0.1, -0.05) is 29.8 Å². The molecule has 2 rings (SSSR count). The number of carbonyl (C=O) groups is 1. The van der Waals surface area contributed by atoms with E-state index in [0.717, 1.165) is 6.42 Å². The van der Waals surface area contributed by atoms with Crippen LogP contribution in [-0.2, 0) is 6.42 Å². The highest BCUT2D eigenvalue weighted by Gasteiger charge is 2.09. The number of hydrogen-bond acceptors (Lipinski definition) is 3. The highest BCUT2D eigenvalue weighted by atomic mass is 16.5. The van der Waals surface area contributed by atoms with E-state index in [1.165, 1.54) is 11.1 Å². The lowest BCUT2D eigenvalue weighted by atomic mass is 10.1. The SMILES string of the molecule is COc1ccc(C(=O)NCCc2cccc(C)c2)c(N)c1. The first-order valence-corrected chi connectivity index (χ1v) is 6.87. The summed E-state index contributed by atoms with van der Waals surface area (Å²) in [4.78, 5) is 12.1. The molecule has 0 spiro atoms. The Morgan fingerprint density at radius 1 is 1.24 bits per heavy atom. The van der Waals surface area contributed by atoms with Crippen LogP contribution in [-0.4, -0.2) is 19.6 Å². The minimum absolute atomic E-state index is 0.164. The summed E-state index contributed by atoms with van der Waals surface area (Å²) in [6, 6.07) is 13.3. The monoisotopic (exact) mass is 284 g/mol. The second kappa shape index (κ2) is 6.79. The van der Waals surface area contributed by atoms with Gasteiger partial charge >= 0.3 is 0 Å². The molecule has 0 bridgehead atoms. The number of rotatable bonds is 5. The van der Waals surface area contributed by atoms with Gasteiger partial charge in [-0.25, -0.2) is 0 Å². The van der Waals surface area contributed by atoms with Crippen molar-refractivity contribution in [3.63, 3.8) is 0 Å². The Hall–Kier alpha value is -2.49. The first-order chi connectivity index (χ1) is 10.1. The van der Waals surface area contributed by atoms with Gasteiger partial charge in [0.25, 0.3) is 5.91 Å². The third-order valence-electron chi connectivity index (χ3n) is 3.29. The van der Waals surface area contributed by atoms with Crippen LogP contribution in [0.4, 0.5) is 5.69 Å². The maximum absolute atomic E-state index is 12.1. The fourth-order valence-electron chi connectivity index (χ4n) is 2.16. The fraction of sp³-hybridized carbons (Fsp3) is 0.235. The number of nitrogens with one attached hydrogen (secondary N) is 1. The Labute approximate surface area is 124 Å². The number of nitrogens with two attached hydrogens (primary N) is 1. The van der Waals surface area contributed by atoms with E-state index >= 15 is 0 Å². The number of hydrogen-bond donors (Lipinski definition) is 2. The zero-order valence-corrected chi connectivity index (χ0v) is 12.3. The number of methoxy groups -OCH3 is 1. The van der Waals surface area contributed by atoms with E-state index in [-0.39, 0.29) is 5.91 Å². The van der Waals surface area contributed by atoms with Crippen molar-refractivity contribution in [1.82, 2.24) is 5.32 Å². The van der Waals surface area contributed by atoms with Crippen molar-refractivity contribution in [2.24, 2.45) is 0 Å². The minimum atomic E-state index is -0.164. The summed E-state index contributed by atoms with van der Waals surface area (Å²) in [5, 5.41) is 2.89. The largest absolute Gasteiger partial charge is 0.497 e. The lowest BCUT2D eigenvalue weighted by Gasteiger charge is -2.09. The van der Waals surface area contributed by atoms with E-state index in [4.69, 9.17) is 10.5 Å². The molecule has 0 saturated heterocycles. The number of ether oxygens (including phenoxy) is 1. The van der Waals surface area contributed by atoms with Crippen LogP contribution in [0.15, 0.2) is 42.5 Å². The van der Waals surface area contributed by atoms with Gasteiger partial charge in [-0.3, -0.25) is 4.79 Å². The number of anilines is 1. The van der Waals surface area contributed by atoms with Gasteiger partial charge in [0.05, 0.1) is 12.7 Å². The quantitative estimate of drug-likeness (QED) is 0.829. The maximum atomic E-state index is 12.1. The van der Waals surface area contributed by atoms with Crippen LogP contribution < -0.4 is 15.8 Å². The van der Waals surface area contributed by atoms with Crippen LogP contribution in [0.1, 0.15) is 21.5 Å². The third kappa shape index (κ3) is 3.99. The summed E-state index contributed by atoms with van der Waals surface area (Å²) in [5.41, 5.74) is 9.18. The molecule has 4 heteroatoms. The summed E-state index contributed by atoms with van der Waals surface area (Å²) in [5.74, 6) is 0.478. The molecule has 0 fully saturated rings. The molecule has 2 aromatic rings. The molecule has 21 heavy (non-hydrogen) atoms. The Morgan fingerprint density at radius 3 is 2.71 bits per heavy atom. The molecule has 0 aromatic heterocycles. The van der Waals surface area contributed by atoms with Crippen molar-refractivity contribution in [2.45, 2.75) is 13.3 Å². The summed E-state index contributed by atoms with van der Waals surface area (Å²) in [6.45, 7) is 2.63. The lowest BCUT2D eigenvalue weighted by Crippen LogP contribution is -2.26. The summed E-state index contributed by atoms with van der Waals surface area (Å²) in [7, 11) is 1.57. The zero-order chi connectivity index (χ0) is 15.2. The molecule has 2 aromatic carbocycles. The number of aryl methyl sites for hydroxylation is 1. The summed E-state index contributed by atoms with van der Waals surface area (Å²) in [6.07, 6.45) is 0.795. The van der Waals surface area contributed by atoms with Crippen molar-refractivity contribution >= 4 is 11.6 Å². The van der Waals surface area contributed by atoms with Crippen LogP contribution in [0.25, 0.3) is 0 Å². The van der Waals surface area contributed by atoms with E-state index < -0.39 is 0 Å². The predicted octanol–water partition coefficient (Wildman–Crippen LogP) is 2.56. The van der Waals surface area contributed by atoms with Gasteiger partial charge < -0.3 is 15.8 Å². The Bertz CT molecular complexity index is 638. The van der Waals surface area contributed by atoms with E-state index in [1.807, 2.05) is 6.07 Å². The molecule has 0 aliphatic rings. The molecule has 4 nitrogen and oxygen atoms in total. The standard InChI is InChI=1S/C17H20N2O2/c1-12-4-3-5-13(10-12)8-9-19-17(20)15-7-6-14(21-2)11-16(15)18/h3-7,10-11H,8-9,18H2,1-2H3,(H,19,20). The van der Waals surface area contributed by atoms with Gasteiger partial charge in [0, 0.05) is 18.3 Å². The number of amides is 1. The van der Waals surface area contributed by atoms with Crippen molar-refractivity contribution in [3.05, 3.63) is 59.2 Å². The Kier molecular flexibility index (Phi) is 4.82. The second-order valence-corrected chi connectivity index (χ2v) is 4.95. The smallest absolute Gasteiger partial charge is 0.253 e. The van der Waals surface area contributed by atoms with Crippen molar-refractivity contribution in [2.75, 3.05) is 19.4 Å². The van der Waals surface area contributed by atoms with Crippen LogP contribution in [0.2, 0.25) is 0 Å². The minimum Gasteiger partial charge on any atom is -0.497 e. The van der Waals surface area contributed by atoms with Crippen molar-refractivity contribution < 1.29 is 9.53 Å². The molecule has 0 atom stereocenters. The van der Waals surface area contributed by atoms with Gasteiger partial charge in [0.2, 0.25) is 0 Å². The maximum Gasteiger partial charge on any atom is 0.253 e. The molecule has 0 radical (unpaired) electrons. The van der Waals surface area contributed by atoms with Gasteiger partial charge in [-0.2, -0.15) is 0 Å². The van der Waals surface area contributed by atoms with Gasteiger partial charge in [0.1, 0.15) is 5.75 Å². The van der Waals surface area contributed by atoms with E-state index in [9.17, 15) is 4.79 Å². The lowest BCUT2D eigenvalue weighted by molar-refractivity contribution is 0.0955. The van der Waals surface area contributed by atoms with Gasteiger partial charge in [-0.05, 0) is 31.0 Å². The van der Waals surface area contributed by atoms with Crippen LogP contribution >= 0.6 is 0 Å². The average Bonchev–Trinajstić information content (AvgIpc) is 2.47. The molecule has 0 heterocycles. The second-order valence-electron chi connectivity index (χ2n) is 4.95. The summed E-state index contributed by atoms with van der Waals surface area (Å²) >= 11 is 0. The normalized spacial score (nSPS) is 10.2. The molecule has 0 aliphatic heterocycles. The van der Waals surface area contributed by atoms with Gasteiger partial charge in [-0.15, -0.1) is 0 Å². The third-order valence-corrected chi connectivity index (χ3v) is 3.29. The van der Waals surface area contributed by atoms with E-state index in [1.54, 1.807) is 25.3 Å². The molecule has 110 valence electrons. The van der Waals surface area contributed by atoms with Crippen LogP contribution in [0.3, 0.4) is 0 Å². The fourth-order valence-corrected chi connectivity index (χ4v) is 2.16. The highest BCUT2D eigenvalue weighted by Crippen LogP contribution is 2.19. The summed E-state index contributed by atoms with van der Waals surface area (Å²) < 4.78 is 5.07.